The molecule has 1 aliphatic rings. The first-order chi connectivity index (χ1) is 11.4. The molecule has 0 radical (unpaired) electrons. The number of likely N-dealkylation sites (N-methyl/N-ethyl adjacent to an activating group) is 1. The maximum Gasteiger partial charge on any atom is 0.317 e. The third-order valence-electron chi connectivity index (χ3n) is 4.43. The molecule has 1 aromatic carbocycles. The van der Waals surface area contributed by atoms with Crippen molar-refractivity contribution in [1.29, 1.82) is 0 Å². The van der Waals surface area contributed by atoms with E-state index in [-0.39, 0.29) is 30.7 Å². The number of nitro groups is 1. The molecular weight excluding hydrogens is 369 g/mol. The van der Waals surface area contributed by atoms with E-state index in [0.717, 1.165) is 37.9 Å². The van der Waals surface area contributed by atoms with E-state index in [9.17, 15) is 14.9 Å². The number of nitrogens with zero attached hydrogens (tertiary/aromatic N) is 3. The van der Waals surface area contributed by atoms with E-state index >= 15 is 0 Å². The van der Waals surface area contributed by atoms with Crippen molar-refractivity contribution in [3.63, 3.8) is 0 Å². The van der Waals surface area contributed by atoms with Gasteiger partial charge in [0, 0.05) is 29.7 Å². The molecule has 1 N–H and O–H groups in total. The molecule has 0 bridgehead atoms. The van der Waals surface area contributed by atoms with Gasteiger partial charge in [-0.1, -0.05) is 11.6 Å². The Labute approximate surface area is 158 Å². The highest BCUT2D eigenvalue weighted by atomic mass is 35.5. The molecule has 7 nitrogen and oxygen atoms in total. The summed E-state index contributed by atoms with van der Waals surface area (Å²) >= 11 is 6.17. The third-order valence-corrected chi connectivity index (χ3v) is 4.80. The topological polar surface area (TPSA) is 86.9 Å². The Bertz CT molecular complexity index is 615. The highest BCUT2D eigenvalue weighted by molar-refractivity contribution is 6.31. The fourth-order valence-corrected chi connectivity index (χ4v) is 3.29. The number of hydrogen-bond donors (Lipinski definition) is 1. The van der Waals surface area contributed by atoms with Crippen molar-refractivity contribution in [2.24, 2.45) is 0 Å². The van der Waals surface area contributed by atoms with Crippen LogP contribution in [0, 0.1) is 10.1 Å². The Balaban J connectivity index is 0.00000312. The smallest absolute Gasteiger partial charge is 0.317 e. The summed E-state index contributed by atoms with van der Waals surface area (Å²) in [6.45, 7) is 2.29. The normalized spacial score (nSPS) is 18.4. The van der Waals surface area contributed by atoms with Crippen molar-refractivity contribution >= 4 is 35.7 Å². The standard InChI is InChI=1S/C16H22ClN3O4.ClH/c1-18(11-16(21)22)13-3-2-7-19(8-6-13)10-12-9-14(20(23)24)4-5-15(12)17;/h4-5,9,13H,2-3,6-8,10-11H2,1H3,(H,21,22);1H. The Morgan fingerprint density at radius 1 is 1.44 bits per heavy atom. The summed E-state index contributed by atoms with van der Waals surface area (Å²) in [5.41, 5.74) is 0.798. The lowest BCUT2D eigenvalue weighted by atomic mass is 10.1. The van der Waals surface area contributed by atoms with Crippen molar-refractivity contribution in [1.82, 2.24) is 9.80 Å². The number of likely N-dealkylation sites (tertiary alicyclic amines) is 1. The highest BCUT2D eigenvalue weighted by Crippen LogP contribution is 2.25. The van der Waals surface area contributed by atoms with E-state index in [0.29, 0.717) is 11.6 Å². The zero-order chi connectivity index (χ0) is 17.7. The summed E-state index contributed by atoms with van der Waals surface area (Å²) in [6.07, 6.45) is 2.78. The van der Waals surface area contributed by atoms with Crippen molar-refractivity contribution < 1.29 is 14.8 Å². The monoisotopic (exact) mass is 391 g/mol. The van der Waals surface area contributed by atoms with Crippen molar-refractivity contribution in [2.75, 3.05) is 26.7 Å². The van der Waals surface area contributed by atoms with Crippen LogP contribution < -0.4 is 0 Å². The molecular formula is C16H23Cl2N3O4. The molecule has 140 valence electrons. The van der Waals surface area contributed by atoms with Crippen molar-refractivity contribution in [2.45, 2.75) is 31.8 Å². The van der Waals surface area contributed by atoms with Gasteiger partial charge in [-0.25, -0.2) is 0 Å². The molecule has 1 heterocycles. The number of hydrogen-bond acceptors (Lipinski definition) is 5. The van der Waals surface area contributed by atoms with Gasteiger partial charge in [0.25, 0.3) is 5.69 Å². The lowest BCUT2D eigenvalue weighted by molar-refractivity contribution is -0.384. The summed E-state index contributed by atoms with van der Waals surface area (Å²) in [4.78, 5) is 25.4. The summed E-state index contributed by atoms with van der Waals surface area (Å²) in [5.74, 6) is -0.818. The Hall–Kier alpha value is -1.41. The average Bonchev–Trinajstić information content (AvgIpc) is 2.74. The first kappa shape index (κ1) is 21.6. The average molecular weight is 392 g/mol. The molecule has 1 saturated heterocycles. The van der Waals surface area contributed by atoms with Gasteiger partial charge in [0.1, 0.15) is 0 Å². The quantitative estimate of drug-likeness (QED) is 0.592. The number of aliphatic carboxylic acids is 1. The van der Waals surface area contributed by atoms with Gasteiger partial charge < -0.3 is 5.11 Å². The number of carboxylic acid groups (broad SMARTS) is 1. The molecule has 1 fully saturated rings. The van der Waals surface area contributed by atoms with Crippen LogP contribution in [0.2, 0.25) is 5.02 Å². The predicted molar refractivity (Wildman–Crippen MR) is 98.5 cm³/mol. The molecule has 1 aromatic rings. The first-order valence-corrected chi connectivity index (χ1v) is 8.32. The fourth-order valence-electron chi connectivity index (χ4n) is 3.12. The Kier molecular flexibility index (Phi) is 8.58. The van der Waals surface area contributed by atoms with Crippen LogP contribution in [0.25, 0.3) is 0 Å². The van der Waals surface area contributed by atoms with Gasteiger partial charge in [0.15, 0.2) is 0 Å². The van der Waals surface area contributed by atoms with E-state index in [2.05, 4.69) is 4.90 Å². The van der Waals surface area contributed by atoms with Crippen LogP contribution in [0.1, 0.15) is 24.8 Å². The van der Waals surface area contributed by atoms with Gasteiger partial charge in [0.2, 0.25) is 0 Å². The molecule has 1 unspecified atom stereocenters. The van der Waals surface area contributed by atoms with Crippen LogP contribution in [-0.4, -0.2) is 58.5 Å². The number of carboxylic acids is 1. The van der Waals surface area contributed by atoms with Gasteiger partial charge in [-0.3, -0.25) is 24.7 Å². The van der Waals surface area contributed by atoms with Gasteiger partial charge in [-0.05, 0) is 51.0 Å². The maximum atomic E-state index is 10.9. The lowest BCUT2D eigenvalue weighted by Crippen LogP contribution is -2.36. The predicted octanol–water partition coefficient (Wildman–Crippen LogP) is 3.04. The number of halogens is 2. The van der Waals surface area contributed by atoms with E-state index in [1.54, 1.807) is 6.07 Å². The molecule has 9 heteroatoms. The van der Waals surface area contributed by atoms with Crippen molar-refractivity contribution in [3.05, 3.63) is 38.9 Å². The van der Waals surface area contributed by atoms with Crippen molar-refractivity contribution in [3.8, 4) is 0 Å². The zero-order valence-corrected chi connectivity index (χ0v) is 15.6. The summed E-state index contributed by atoms with van der Waals surface area (Å²) in [5, 5.41) is 20.4. The highest BCUT2D eigenvalue weighted by Gasteiger charge is 2.22. The molecule has 0 spiro atoms. The second-order valence-corrected chi connectivity index (χ2v) is 6.61. The van der Waals surface area contributed by atoms with Crippen LogP contribution >= 0.6 is 24.0 Å². The Morgan fingerprint density at radius 3 is 2.80 bits per heavy atom. The van der Waals surface area contributed by atoms with E-state index in [1.807, 2.05) is 11.9 Å². The molecule has 2 rings (SSSR count). The number of non-ortho nitro benzene ring substituents is 1. The number of nitro benzene ring substituents is 1. The van der Waals surface area contributed by atoms with Crippen LogP contribution in [0.3, 0.4) is 0 Å². The van der Waals surface area contributed by atoms with Crippen LogP contribution in [0.15, 0.2) is 18.2 Å². The van der Waals surface area contributed by atoms with Gasteiger partial charge in [0.05, 0.1) is 11.5 Å². The fraction of sp³-hybridized carbons (Fsp3) is 0.562. The minimum Gasteiger partial charge on any atom is -0.480 e. The first-order valence-electron chi connectivity index (χ1n) is 7.94. The molecule has 1 atom stereocenters. The number of carbonyl (C=O) groups is 1. The minimum absolute atomic E-state index is 0. The van der Waals surface area contributed by atoms with Crippen LogP contribution in [0.4, 0.5) is 5.69 Å². The largest absolute Gasteiger partial charge is 0.480 e. The van der Waals surface area contributed by atoms with E-state index in [4.69, 9.17) is 16.7 Å². The van der Waals surface area contributed by atoms with E-state index in [1.165, 1.54) is 12.1 Å². The summed E-state index contributed by atoms with van der Waals surface area (Å²) < 4.78 is 0. The molecule has 1 aliphatic heterocycles. The second-order valence-electron chi connectivity index (χ2n) is 6.20. The number of benzene rings is 1. The maximum absolute atomic E-state index is 10.9. The van der Waals surface area contributed by atoms with Crippen LogP contribution in [0.5, 0.6) is 0 Å². The Morgan fingerprint density at radius 2 is 2.16 bits per heavy atom. The summed E-state index contributed by atoms with van der Waals surface area (Å²) in [6, 6.07) is 4.74. The molecule has 0 aromatic heterocycles. The third kappa shape index (κ3) is 6.43. The molecule has 0 amide bonds. The van der Waals surface area contributed by atoms with Crippen LogP contribution in [-0.2, 0) is 11.3 Å². The molecule has 0 saturated carbocycles. The SMILES string of the molecule is CN(CC(=O)O)C1CCCN(Cc2cc([N+](=O)[O-])ccc2Cl)CC1.Cl. The van der Waals surface area contributed by atoms with E-state index < -0.39 is 10.9 Å². The molecule has 0 aliphatic carbocycles. The lowest BCUT2D eigenvalue weighted by Gasteiger charge is -2.25. The molecule has 25 heavy (non-hydrogen) atoms. The second kappa shape index (κ2) is 9.91. The zero-order valence-electron chi connectivity index (χ0n) is 14.1. The minimum atomic E-state index is -0.818. The van der Waals surface area contributed by atoms with Gasteiger partial charge >= 0.3 is 5.97 Å². The van der Waals surface area contributed by atoms with Gasteiger partial charge in [-0.2, -0.15) is 0 Å². The van der Waals surface area contributed by atoms with Gasteiger partial charge in [-0.15, -0.1) is 12.4 Å². The number of rotatable bonds is 6. The summed E-state index contributed by atoms with van der Waals surface area (Å²) in [7, 11) is 1.84.